The fraction of sp³-hybridized carbons (Fsp3) is 0.611. The summed E-state index contributed by atoms with van der Waals surface area (Å²) in [6, 6.07) is 7.85. The van der Waals surface area contributed by atoms with Crippen LogP contribution in [-0.2, 0) is 11.3 Å². The quantitative estimate of drug-likeness (QED) is 0.767. The molecule has 1 heterocycles. The van der Waals surface area contributed by atoms with Gasteiger partial charge in [-0.25, -0.2) is 0 Å². The van der Waals surface area contributed by atoms with E-state index in [9.17, 15) is 9.90 Å². The summed E-state index contributed by atoms with van der Waals surface area (Å²) >= 11 is 0. The molecule has 5 nitrogen and oxygen atoms in total. The highest BCUT2D eigenvalue weighted by Gasteiger charge is 2.36. The van der Waals surface area contributed by atoms with E-state index in [1.54, 1.807) is 7.05 Å². The van der Waals surface area contributed by atoms with Crippen molar-refractivity contribution in [3.63, 3.8) is 0 Å². The SMILES string of the molecule is CCCC1(CO)CCN(Cc2ccccc2OCC(=O)NC)C1. The highest BCUT2D eigenvalue weighted by atomic mass is 16.5. The first kappa shape index (κ1) is 17.8. The Morgan fingerprint density at radius 3 is 2.91 bits per heavy atom. The normalized spacial score (nSPS) is 21.3. The van der Waals surface area contributed by atoms with Crippen LogP contribution in [0.1, 0.15) is 31.7 Å². The maximum Gasteiger partial charge on any atom is 0.257 e. The summed E-state index contributed by atoms with van der Waals surface area (Å²) < 4.78 is 5.64. The zero-order valence-corrected chi connectivity index (χ0v) is 14.2. The number of hydrogen-bond donors (Lipinski definition) is 2. The van der Waals surface area contributed by atoms with E-state index >= 15 is 0 Å². The van der Waals surface area contributed by atoms with Crippen LogP contribution >= 0.6 is 0 Å². The first-order valence-electron chi connectivity index (χ1n) is 8.37. The Balaban J connectivity index is 1.99. The molecular weight excluding hydrogens is 292 g/mol. The van der Waals surface area contributed by atoms with Crippen LogP contribution in [-0.4, -0.2) is 49.3 Å². The maximum absolute atomic E-state index is 11.4. The highest BCUT2D eigenvalue weighted by Crippen LogP contribution is 2.36. The molecule has 1 aliphatic heterocycles. The van der Waals surface area contributed by atoms with Gasteiger partial charge in [-0.2, -0.15) is 0 Å². The molecule has 0 bridgehead atoms. The number of benzene rings is 1. The second kappa shape index (κ2) is 8.31. The number of nitrogens with zero attached hydrogens (tertiary/aromatic N) is 1. The number of carbonyl (C=O) groups excluding carboxylic acids is 1. The Bertz CT molecular complexity index is 521. The number of aliphatic hydroxyl groups excluding tert-OH is 1. The molecule has 0 spiro atoms. The third-order valence-corrected chi connectivity index (χ3v) is 4.64. The minimum absolute atomic E-state index is 0.0317. The summed E-state index contributed by atoms with van der Waals surface area (Å²) in [5.74, 6) is 0.622. The lowest BCUT2D eigenvalue weighted by molar-refractivity contribution is -0.122. The molecule has 1 atom stereocenters. The molecule has 23 heavy (non-hydrogen) atoms. The topological polar surface area (TPSA) is 61.8 Å². The van der Waals surface area contributed by atoms with Crippen molar-refractivity contribution in [3.8, 4) is 5.75 Å². The predicted molar refractivity (Wildman–Crippen MR) is 90.3 cm³/mol. The van der Waals surface area contributed by atoms with Gasteiger partial charge in [0.25, 0.3) is 5.91 Å². The summed E-state index contributed by atoms with van der Waals surface area (Å²) in [6.07, 6.45) is 3.20. The van der Waals surface area contributed by atoms with Crippen molar-refractivity contribution >= 4 is 5.91 Å². The number of para-hydroxylation sites is 1. The van der Waals surface area contributed by atoms with Gasteiger partial charge in [-0.15, -0.1) is 0 Å². The molecule has 128 valence electrons. The monoisotopic (exact) mass is 320 g/mol. The van der Waals surface area contributed by atoms with Crippen LogP contribution in [0.2, 0.25) is 0 Å². The molecule has 1 aromatic rings. The van der Waals surface area contributed by atoms with Crippen molar-refractivity contribution in [2.75, 3.05) is 33.4 Å². The van der Waals surface area contributed by atoms with Gasteiger partial charge < -0.3 is 15.2 Å². The molecule has 1 unspecified atom stereocenters. The van der Waals surface area contributed by atoms with E-state index in [2.05, 4.69) is 17.1 Å². The van der Waals surface area contributed by atoms with E-state index in [0.29, 0.717) is 0 Å². The van der Waals surface area contributed by atoms with Gasteiger partial charge in [0, 0.05) is 37.7 Å². The molecule has 0 aromatic heterocycles. The molecule has 0 saturated carbocycles. The van der Waals surface area contributed by atoms with Gasteiger partial charge in [0.05, 0.1) is 0 Å². The zero-order valence-electron chi connectivity index (χ0n) is 14.2. The number of aliphatic hydroxyl groups is 1. The van der Waals surface area contributed by atoms with Crippen LogP contribution in [0.3, 0.4) is 0 Å². The summed E-state index contributed by atoms with van der Waals surface area (Å²) in [5, 5.41) is 12.3. The third kappa shape index (κ3) is 4.69. The maximum atomic E-state index is 11.4. The van der Waals surface area contributed by atoms with E-state index in [1.165, 1.54) is 0 Å². The van der Waals surface area contributed by atoms with Crippen LogP contribution in [0.25, 0.3) is 0 Å². The number of nitrogens with one attached hydrogen (secondary N) is 1. The average Bonchev–Trinajstić information content (AvgIpc) is 2.97. The lowest BCUT2D eigenvalue weighted by Crippen LogP contribution is -2.30. The van der Waals surface area contributed by atoms with E-state index in [1.807, 2.05) is 24.3 Å². The molecular formula is C18H28N2O3. The van der Waals surface area contributed by atoms with Crippen LogP contribution < -0.4 is 10.1 Å². The van der Waals surface area contributed by atoms with E-state index < -0.39 is 0 Å². The first-order chi connectivity index (χ1) is 11.1. The average molecular weight is 320 g/mol. The van der Waals surface area contributed by atoms with Crippen molar-refractivity contribution in [2.24, 2.45) is 5.41 Å². The van der Waals surface area contributed by atoms with Crippen molar-refractivity contribution in [3.05, 3.63) is 29.8 Å². The zero-order chi connectivity index (χ0) is 16.7. The second-order valence-electron chi connectivity index (χ2n) is 6.44. The van der Waals surface area contributed by atoms with Gasteiger partial charge in [0.15, 0.2) is 6.61 Å². The second-order valence-corrected chi connectivity index (χ2v) is 6.44. The van der Waals surface area contributed by atoms with Gasteiger partial charge >= 0.3 is 0 Å². The smallest absolute Gasteiger partial charge is 0.257 e. The third-order valence-electron chi connectivity index (χ3n) is 4.64. The van der Waals surface area contributed by atoms with Gasteiger partial charge in [-0.1, -0.05) is 31.5 Å². The minimum Gasteiger partial charge on any atom is -0.483 e. The standard InChI is InChI=1S/C18H28N2O3/c1-3-8-18(14-21)9-10-20(13-18)11-15-6-4-5-7-16(15)23-12-17(22)19-2/h4-7,21H,3,8-14H2,1-2H3,(H,19,22). The molecule has 5 heteroatoms. The molecule has 1 fully saturated rings. The Morgan fingerprint density at radius 2 is 2.22 bits per heavy atom. The lowest BCUT2D eigenvalue weighted by atomic mass is 9.83. The molecule has 2 rings (SSSR count). The fourth-order valence-electron chi connectivity index (χ4n) is 3.34. The van der Waals surface area contributed by atoms with Crippen LogP contribution in [0, 0.1) is 5.41 Å². The van der Waals surface area contributed by atoms with Crippen molar-refractivity contribution in [2.45, 2.75) is 32.7 Å². The largest absolute Gasteiger partial charge is 0.483 e. The Morgan fingerprint density at radius 1 is 1.43 bits per heavy atom. The molecule has 0 aliphatic carbocycles. The Labute approximate surface area is 138 Å². The van der Waals surface area contributed by atoms with Crippen LogP contribution in [0.5, 0.6) is 5.75 Å². The number of rotatable bonds is 8. The van der Waals surface area contributed by atoms with Gasteiger partial charge in [-0.3, -0.25) is 9.69 Å². The van der Waals surface area contributed by atoms with Crippen LogP contribution in [0.4, 0.5) is 0 Å². The number of likely N-dealkylation sites (N-methyl/N-ethyl adjacent to an activating group) is 1. The molecule has 2 N–H and O–H groups in total. The van der Waals surface area contributed by atoms with Gasteiger partial charge in [0.1, 0.15) is 5.75 Å². The number of hydrogen-bond acceptors (Lipinski definition) is 4. The van der Waals surface area contributed by atoms with Crippen molar-refractivity contribution in [1.82, 2.24) is 10.2 Å². The van der Waals surface area contributed by atoms with Crippen molar-refractivity contribution < 1.29 is 14.6 Å². The van der Waals surface area contributed by atoms with Gasteiger partial charge in [-0.05, 0) is 25.5 Å². The summed E-state index contributed by atoms with van der Waals surface area (Å²) in [5.41, 5.74) is 1.13. The lowest BCUT2D eigenvalue weighted by Gasteiger charge is -2.27. The molecule has 1 aliphatic rings. The number of ether oxygens (including phenoxy) is 1. The molecule has 0 radical (unpaired) electrons. The number of amides is 1. The number of carbonyl (C=O) groups is 1. The highest BCUT2D eigenvalue weighted by molar-refractivity contribution is 5.77. The van der Waals surface area contributed by atoms with Gasteiger partial charge in [0.2, 0.25) is 0 Å². The summed E-state index contributed by atoms with van der Waals surface area (Å²) in [6.45, 7) is 5.15. The first-order valence-corrected chi connectivity index (χ1v) is 8.37. The van der Waals surface area contributed by atoms with Crippen molar-refractivity contribution in [1.29, 1.82) is 0 Å². The fourth-order valence-corrected chi connectivity index (χ4v) is 3.34. The Hall–Kier alpha value is -1.59. The van der Waals surface area contributed by atoms with Crippen LogP contribution in [0.15, 0.2) is 24.3 Å². The van der Waals surface area contributed by atoms with E-state index in [0.717, 1.165) is 50.2 Å². The summed E-state index contributed by atoms with van der Waals surface area (Å²) in [4.78, 5) is 13.7. The summed E-state index contributed by atoms with van der Waals surface area (Å²) in [7, 11) is 1.60. The molecule has 1 aromatic carbocycles. The predicted octanol–water partition coefficient (Wildman–Crippen LogP) is 1.80. The van der Waals surface area contributed by atoms with E-state index in [-0.39, 0.29) is 24.5 Å². The minimum atomic E-state index is -0.136. The Kier molecular flexibility index (Phi) is 6.42. The molecule has 1 amide bonds. The number of likely N-dealkylation sites (tertiary alicyclic amines) is 1. The molecule has 1 saturated heterocycles. The van der Waals surface area contributed by atoms with E-state index in [4.69, 9.17) is 4.74 Å².